The monoisotopic (exact) mass is 275 g/mol. The molecule has 0 aliphatic carbocycles. The van der Waals surface area contributed by atoms with E-state index in [9.17, 15) is 4.79 Å². The summed E-state index contributed by atoms with van der Waals surface area (Å²) in [4.78, 5) is 16.0. The minimum atomic E-state index is -0.143. The van der Waals surface area contributed by atoms with Crippen molar-refractivity contribution in [1.29, 1.82) is 0 Å². The molecular weight excluding hydrogens is 250 g/mol. The molecule has 4 heteroatoms. The van der Waals surface area contributed by atoms with Crippen LogP contribution in [-0.2, 0) is 17.8 Å². The summed E-state index contributed by atoms with van der Waals surface area (Å²) in [6.07, 6.45) is 1.12. The van der Waals surface area contributed by atoms with E-state index in [0.29, 0.717) is 0 Å². The van der Waals surface area contributed by atoms with E-state index in [0.717, 1.165) is 26.1 Å². The van der Waals surface area contributed by atoms with Crippen molar-refractivity contribution < 1.29 is 4.79 Å². The lowest BCUT2D eigenvalue weighted by Crippen LogP contribution is -2.42. The van der Waals surface area contributed by atoms with Crippen LogP contribution in [0.25, 0.3) is 0 Å². The number of carbonyl (C=O) groups excluding carboxylic acids is 1. The molecule has 1 unspecified atom stereocenters. The average molecular weight is 275 g/mol. The highest BCUT2D eigenvalue weighted by Crippen LogP contribution is 2.27. The molecular formula is C16H25N3O. The molecule has 0 saturated heterocycles. The Kier molecular flexibility index (Phi) is 4.65. The molecule has 110 valence electrons. The Bertz CT molecular complexity index is 487. The number of hydrogen-bond acceptors (Lipinski definition) is 3. The molecule has 0 bridgehead atoms. The van der Waals surface area contributed by atoms with Crippen molar-refractivity contribution in [3.8, 4) is 0 Å². The highest BCUT2D eigenvalue weighted by Gasteiger charge is 2.17. The number of benzene rings is 1. The zero-order valence-electron chi connectivity index (χ0n) is 12.9. The molecule has 0 radical (unpaired) electrons. The van der Waals surface area contributed by atoms with Gasteiger partial charge in [0.05, 0.1) is 6.04 Å². The fraction of sp³-hybridized carbons (Fsp3) is 0.562. The maximum Gasteiger partial charge on any atom is 0.239 e. The largest absolute Gasteiger partial charge is 0.374 e. The molecule has 0 saturated carbocycles. The molecule has 20 heavy (non-hydrogen) atoms. The molecule has 4 nitrogen and oxygen atoms in total. The fourth-order valence-corrected chi connectivity index (χ4v) is 2.57. The summed E-state index contributed by atoms with van der Waals surface area (Å²) in [5.74, 6) is 0.147. The van der Waals surface area contributed by atoms with E-state index in [4.69, 9.17) is 0 Å². The summed E-state index contributed by atoms with van der Waals surface area (Å²) in [6.45, 7) is 6.50. The molecule has 1 aliphatic heterocycles. The minimum absolute atomic E-state index is 0.143. The van der Waals surface area contributed by atoms with Crippen LogP contribution in [0.4, 0.5) is 5.69 Å². The van der Waals surface area contributed by atoms with Gasteiger partial charge in [0.1, 0.15) is 0 Å². The molecule has 1 heterocycles. The van der Waals surface area contributed by atoms with Crippen LogP contribution in [0.15, 0.2) is 18.2 Å². The van der Waals surface area contributed by atoms with Crippen LogP contribution in [0.3, 0.4) is 0 Å². The van der Waals surface area contributed by atoms with Crippen molar-refractivity contribution in [3.05, 3.63) is 29.3 Å². The van der Waals surface area contributed by atoms with Crippen LogP contribution in [0.1, 0.15) is 25.0 Å². The number of hydrogen-bond donors (Lipinski definition) is 1. The standard InChI is InChI=1S/C16H25N3O/c1-5-18(3)16(20)12(2)17-11-13-6-7-15-14(10-13)8-9-19(15)4/h6-7,10,12,17H,5,8-9,11H2,1-4H3. The number of rotatable bonds is 5. The summed E-state index contributed by atoms with van der Waals surface area (Å²) < 4.78 is 0. The molecule has 1 aromatic carbocycles. The van der Waals surface area contributed by atoms with Gasteiger partial charge in [-0.3, -0.25) is 4.79 Å². The molecule has 1 aromatic rings. The maximum absolute atomic E-state index is 12.0. The van der Waals surface area contributed by atoms with Crippen molar-refractivity contribution in [3.63, 3.8) is 0 Å². The Morgan fingerprint density at radius 1 is 1.50 bits per heavy atom. The topological polar surface area (TPSA) is 35.6 Å². The van der Waals surface area contributed by atoms with Gasteiger partial charge in [-0.2, -0.15) is 0 Å². The highest BCUT2D eigenvalue weighted by molar-refractivity contribution is 5.81. The molecule has 0 fully saturated rings. The lowest BCUT2D eigenvalue weighted by atomic mass is 10.1. The quantitative estimate of drug-likeness (QED) is 0.887. The van der Waals surface area contributed by atoms with E-state index in [2.05, 4.69) is 35.5 Å². The first-order chi connectivity index (χ1) is 9.52. The summed E-state index contributed by atoms with van der Waals surface area (Å²) in [6, 6.07) is 6.45. The first-order valence-corrected chi connectivity index (χ1v) is 7.34. The number of fused-ring (bicyclic) bond motifs is 1. The van der Waals surface area contributed by atoms with Gasteiger partial charge in [-0.25, -0.2) is 0 Å². The van der Waals surface area contributed by atoms with Gasteiger partial charge in [0.25, 0.3) is 0 Å². The van der Waals surface area contributed by atoms with Gasteiger partial charge in [-0.05, 0) is 37.5 Å². The Morgan fingerprint density at radius 3 is 2.95 bits per heavy atom. The number of nitrogens with one attached hydrogen (secondary N) is 1. The van der Waals surface area contributed by atoms with Crippen molar-refractivity contribution in [1.82, 2.24) is 10.2 Å². The van der Waals surface area contributed by atoms with Crippen LogP contribution < -0.4 is 10.2 Å². The van der Waals surface area contributed by atoms with Gasteiger partial charge >= 0.3 is 0 Å². The maximum atomic E-state index is 12.0. The zero-order chi connectivity index (χ0) is 14.7. The van der Waals surface area contributed by atoms with Gasteiger partial charge in [0.2, 0.25) is 5.91 Å². The average Bonchev–Trinajstić information content (AvgIpc) is 2.84. The predicted octanol–water partition coefficient (Wildman–Crippen LogP) is 1.64. The Labute approximate surface area is 121 Å². The Balaban J connectivity index is 1.93. The lowest BCUT2D eigenvalue weighted by molar-refractivity contribution is -0.131. The van der Waals surface area contributed by atoms with Crippen molar-refractivity contribution >= 4 is 11.6 Å². The van der Waals surface area contributed by atoms with E-state index < -0.39 is 0 Å². The number of carbonyl (C=O) groups is 1. The third-order valence-electron chi connectivity index (χ3n) is 4.11. The second-order valence-electron chi connectivity index (χ2n) is 5.59. The Hall–Kier alpha value is -1.55. The van der Waals surface area contributed by atoms with Gasteiger partial charge in [-0.15, -0.1) is 0 Å². The van der Waals surface area contributed by atoms with Gasteiger partial charge in [0.15, 0.2) is 0 Å². The molecule has 1 amide bonds. The normalized spacial score (nSPS) is 15.1. The van der Waals surface area contributed by atoms with Crippen molar-refractivity contribution in [2.45, 2.75) is 32.9 Å². The van der Waals surface area contributed by atoms with Crippen molar-refractivity contribution in [2.75, 3.05) is 32.1 Å². The SMILES string of the molecule is CCN(C)C(=O)C(C)NCc1ccc2c(c1)CCN2C. The first kappa shape index (κ1) is 14.9. The van der Waals surface area contributed by atoms with E-state index in [1.165, 1.54) is 16.8 Å². The van der Waals surface area contributed by atoms with Gasteiger partial charge in [-0.1, -0.05) is 12.1 Å². The molecule has 0 aromatic heterocycles. The van der Waals surface area contributed by atoms with Crippen LogP contribution in [0.2, 0.25) is 0 Å². The third-order valence-corrected chi connectivity index (χ3v) is 4.11. The molecule has 1 aliphatic rings. The van der Waals surface area contributed by atoms with Crippen LogP contribution in [-0.4, -0.2) is 44.0 Å². The first-order valence-electron chi connectivity index (χ1n) is 7.34. The van der Waals surface area contributed by atoms with E-state index >= 15 is 0 Å². The second kappa shape index (κ2) is 6.27. The van der Waals surface area contributed by atoms with Crippen LogP contribution >= 0.6 is 0 Å². The fourth-order valence-electron chi connectivity index (χ4n) is 2.57. The third kappa shape index (κ3) is 3.12. The molecule has 1 N–H and O–H groups in total. The molecule has 0 spiro atoms. The van der Waals surface area contributed by atoms with Crippen LogP contribution in [0, 0.1) is 0 Å². The summed E-state index contributed by atoms with van der Waals surface area (Å²) in [5.41, 5.74) is 4.00. The molecule has 1 atom stereocenters. The summed E-state index contributed by atoms with van der Waals surface area (Å²) in [5, 5.41) is 3.31. The van der Waals surface area contributed by atoms with Crippen LogP contribution in [0.5, 0.6) is 0 Å². The highest BCUT2D eigenvalue weighted by atomic mass is 16.2. The zero-order valence-corrected chi connectivity index (χ0v) is 12.9. The van der Waals surface area contributed by atoms with Gasteiger partial charge < -0.3 is 15.1 Å². The lowest BCUT2D eigenvalue weighted by Gasteiger charge is -2.20. The number of likely N-dealkylation sites (N-methyl/N-ethyl adjacent to an activating group) is 2. The minimum Gasteiger partial charge on any atom is -0.374 e. The van der Waals surface area contributed by atoms with E-state index in [-0.39, 0.29) is 11.9 Å². The summed E-state index contributed by atoms with van der Waals surface area (Å²) in [7, 11) is 3.97. The number of anilines is 1. The smallest absolute Gasteiger partial charge is 0.239 e. The second-order valence-corrected chi connectivity index (χ2v) is 5.59. The number of amides is 1. The number of nitrogens with zero attached hydrogens (tertiary/aromatic N) is 2. The van der Waals surface area contributed by atoms with E-state index in [1.807, 2.05) is 20.9 Å². The molecule has 2 rings (SSSR count). The van der Waals surface area contributed by atoms with Crippen molar-refractivity contribution in [2.24, 2.45) is 0 Å². The Morgan fingerprint density at radius 2 is 2.25 bits per heavy atom. The van der Waals surface area contributed by atoms with E-state index in [1.54, 1.807) is 4.90 Å². The summed E-state index contributed by atoms with van der Waals surface area (Å²) >= 11 is 0. The predicted molar refractivity (Wildman–Crippen MR) is 83.0 cm³/mol. The van der Waals surface area contributed by atoms with Gasteiger partial charge in [0, 0.05) is 39.4 Å².